The summed E-state index contributed by atoms with van der Waals surface area (Å²) in [7, 11) is 0. The molecule has 2 unspecified atom stereocenters. The molecule has 1 saturated heterocycles. The number of carbonyl (C=O) groups excluding carboxylic acids is 1. The summed E-state index contributed by atoms with van der Waals surface area (Å²) in [6.45, 7) is 5.77. The van der Waals surface area contributed by atoms with Gasteiger partial charge in [0.2, 0.25) is 5.90 Å². The molecule has 4 heterocycles. The number of cyclic esters (lactones) is 1. The molecule has 25 heavy (non-hydrogen) atoms. The van der Waals surface area contributed by atoms with Gasteiger partial charge in [-0.1, -0.05) is 0 Å². The van der Waals surface area contributed by atoms with Crippen molar-refractivity contribution in [3.8, 4) is 0 Å². The van der Waals surface area contributed by atoms with E-state index in [1.165, 1.54) is 0 Å². The molecule has 132 valence electrons. The van der Waals surface area contributed by atoms with E-state index in [9.17, 15) is 4.79 Å². The third-order valence-electron chi connectivity index (χ3n) is 4.49. The van der Waals surface area contributed by atoms with Crippen LogP contribution < -0.4 is 5.32 Å². The van der Waals surface area contributed by atoms with Crippen LogP contribution in [0.3, 0.4) is 0 Å². The molecule has 1 fully saturated rings. The van der Waals surface area contributed by atoms with E-state index in [0.717, 1.165) is 35.2 Å². The van der Waals surface area contributed by atoms with Crippen molar-refractivity contribution in [1.29, 1.82) is 0 Å². The standard InChI is InChI=1S/C17H21N5O3/c1-3-22-16-12(8-19-22)15(21-11-4-5-24-14(23)6-11)13(7-18-16)17-20-10(2)9-25-17/h7-8,10-11H,3-6,9H2,1-2H3,(H,18,21). The molecule has 2 aliphatic rings. The normalized spacial score (nSPS) is 23.3. The average Bonchev–Trinajstić information content (AvgIpc) is 3.21. The van der Waals surface area contributed by atoms with Gasteiger partial charge >= 0.3 is 5.97 Å². The van der Waals surface area contributed by atoms with Crippen LogP contribution in [-0.2, 0) is 20.8 Å². The zero-order valence-corrected chi connectivity index (χ0v) is 14.4. The van der Waals surface area contributed by atoms with E-state index in [2.05, 4.69) is 20.4 Å². The smallest absolute Gasteiger partial charge is 0.307 e. The number of aryl methyl sites for hydroxylation is 1. The van der Waals surface area contributed by atoms with Gasteiger partial charge in [0.15, 0.2) is 5.65 Å². The van der Waals surface area contributed by atoms with E-state index in [0.29, 0.717) is 25.5 Å². The number of hydrogen-bond acceptors (Lipinski definition) is 7. The minimum absolute atomic E-state index is 0.00926. The van der Waals surface area contributed by atoms with Crippen LogP contribution in [-0.4, -0.2) is 51.9 Å². The Morgan fingerprint density at radius 1 is 1.36 bits per heavy atom. The molecule has 2 aromatic heterocycles. The zero-order chi connectivity index (χ0) is 17.4. The first-order valence-corrected chi connectivity index (χ1v) is 8.63. The number of aliphatic imine (C=N–C) groups is 1. The number of aromatic nitrogens is 3. The first-order valence-electron chi connectivity index (χ1n) is 8.63. The van der Waals surface area contributed by atoms with Gasteiger partial charge in [0.05, 0.1) is 41.9 Å². The Balaban J connectivity index is 1.78. The van der Waals surface area contributed by atoms with E-state index >= 15 is 0 Å². The number of nitrogens with one attached hydrogen (secondary N) is 1. The summed E-state index contributed by atoms with van der Waals surface area (Å²) in [4.78, 5) is 20.7. The number of anilines is 1. The molecule has 2 atom stereocenters. The second kappa shape index (κ2) is 6.34. The van der Waals surface area contributed by atoms with Gasteiger partial charge in [-0.2, -0.15) is 5.10 Å². The minimum Gasteiger partial charge on any atom is -0.475 e. The Morgan fingerprint density at radius 2 is 2.24 bits per heavy atom. The second-order valence-electron chi connectivity index (χ2n) is 6.39. The van der Waals surface area contributed by atoms with E-state index in [1.807, 2.05) is 18.5 Å². The van der Waals surface area contributed by atoms with E-state index in [-0.39, 0.29) is 18.1 Å². The van der Waals surface area contributed by atoms with Crippen molar-refractivity contribution in [2.75, 3.05) is 18.5 Å². The van der Waals surface area contributed by atoms with Crippen LogP contribution in [0.4, 0.5) is 5.69 Å². The van der Waals surface area contributed by atoms with Gasteiger partial charge in [0, 0.05) is 25.2 Å². The highest BCUT2D eigenvalue weighted by atomic mass is 16.5. The number of hydrogen-bond donors (Lipinski definition) is 1. The van der Waals surface area contributed by atoms with Crippen molar-refractivity contribution >= 4 is 28.6 Å². The predicted octanol–water partition coefficient (Wildman–Crippen LogP) is 1.73. The molecular formula is C17H21N5O3. The molecule has 2 aliphatic heterocycles. The highest BCUT2D eigenvalue weighted by molar-refractivity contribution is 6.07. The van der Waals surface area contributed by atoms with Gasteiger partial charge in [0.1, 0.15) is 6.61 Å². The lowest BCUT2D eigenvalue weighted by Crippen LogP contribution is -2.31. The highest BCUT2D eigenvalue weighted by Crippen LogP contribution is 2.30. The van der Waals surface area contributed by atoms with Crippen molar-refractivity contribution in [3.63, 3.8) is 0 Å². The van der Waals surface area contributed by atoms with Crippen LogP contribution >= 0.6 is 0 Å². The van der Waals surface area contributed by atoms with Gasteiger partial charge in [-0.05, 0) is 13.8 Å². The van der Waals surface area contributed by atoms with Crippen molar-refractivity contribution in [2.24, 2.45) is 4.99 Å². The van der Waals surface area contributed by atoms with Gasteiger partial charge in [-0.25, -0.2) is 14.7 Å². The molecule has 0 radical (unpaired) electrons. The molecule has 8 nitrogen and oxygen atoms in total. The van der Waals surface area contributed by atoms with Gasteiger partial charge in [0.25, 0.3) is 0 Å². The van der Waals surface area contributed by atoms with Crippen LogP contribution in [0.5, 0.6) is 0 Å². The monoisotopic (exact) mass is 343 g/mol. The SMILES string of the molecule is CCn1ncc2c(NC3CCOC(=O)C3)c(C3=NC(C)CO3)cnc21. The van der Waals surface area contributed by atoms with Crippen molar-refractivity contribution in [1.82, 2.24) is 14.8 Å². The Kier molecular flexibility index (Phi) is 4.03. The number of pyridine rings is 1. The fourth-order valence-electron chi connectivity index (χ4n) is 3.20. The number of esters is 1. The van der Waals surface area contributed by atoms with E-state index < -0.39 is 0 Å². The molecule has 0 aromatic carbocycles. The number of ether oxygens (including phenoxy) is 2. The molecule has 0 amide bonds. The maximum absolute atomic E-state index is 11.6. The molecule has 4 rings (SSSR count). The Bertz CT molecular complexity index is 844. The number of nitrogens with zero attached hydrogens (tertiary/aromatic N) is 4. The molecule has 0 aliphatic carbocycles. The molecule has 0 spiro atoms. The number of fused-ring (bicyclic) bond motifs is 1. The van der Waals surface area contributed by atoms with Crippen LogP contribution in [0, 0.1) is 0 Å². The molecule has 0 bridgehead atoms. The third kappa shape index (κ3) is 2.92. The summed E-state index contributed by atoms with van der Waals surface area (Å²) in [5, 5.41) is 8.81. The van der Waals surface area contributed by atoms with E-state index in [1.54, 1.807) is 12.4 Å². The molecule has 1 N–H and O–H groups in total. The van der Waals surface area contributed by atoms with Crippen molar-refractivity contribution in [3.05, 3.63) is 18.0 Å². The Labute approximate surface area is 145 Å². The Hall–Kier alpha value is -2.64. The molecule has 8 heteroatoms. The summed E-state index contributed by atoms with van der Waals surface area (Å²) in [6.07, 6.45) is 4.68. The van der Waals surface area contributed by atoms with Crippen LogP contribution in [0.2, 0.25) is 0 Å². The highest BCUT2D eigenvalue weighted by Gasteiger charge is 2.26. The van der Waals surface area contributed by atoms with Gasteiger partial charge in [-0.3, -0.25) is 4.79 Å². The fraction of sp³-hybridized carbons (Fsp3) is 0.529. The lowest BCUT2D eigenvalue weighted by Gasteiger charge is -2.24. The van der Waals surface area contributed by atoms with E-state index in [4.69, 9.17) is 9.47 Å². The summed E-state index contributed by atoms with van der Waals surface area (Å²) < 4.78 is 12.6. The third-order valence-corrected chi connectivity index (χ3v) is 4.49. The quantitative estimate of drug-likeness (QED) is 0.850. The second-order valence-corrected chi connectivity index (χ2v) is 6.39. The Morgan fingerprint density at radius 3 is 2.96 bits per heavy atom. The van der Waals surface area contributed by atoms with Crippen LogP contribution in [0.15, 0.2) is 17.4 Å². The number of rotatable bonds is 4. The minimum atomic E-state index is -0.178. The van der Waals surface area contributed by atoms with Gasteiger partial charge < -0.3 is 14.8 Å². The van der Waals surface area contributed by atoms with Gasteiger partial charge in [-0.15, -0.1) is 0 Å². The predicted molar refractivity (Wildman–Crippen MR) is 92.8 cm³/mol. The zero-order valence-electron chi connectivity index (χ0n) is 14.4. The molecule has 0 saturated carbocycles. The van der Waals surface area contributed by atoms with Crippen molar-refractivity contribution < 1.29 is 14.3 Å². The maximum atomic E-state index is 11.6. The van der Waals surface area contributed by atoms with Crippen LogP contribution in [0.25, 0.3) is 11.0 Å². The molecule has 2 aromatic rings. The first kappa shape index (κ1) is 15.9. The summed E-state index contributed by atoms with van der Waals surface area (Å²) in [6, 6.07) is 0.136. The first-order chi connectivity index (χ1) is 12.2. The number of carbonyl (C=O) groups is 1. The molecular weight excluding hydrogens is 322 g/mol. The van der Waals surface area contributed by atoms with Crippen molar-refractivity contribution in [2.45, 2.75) is 45.3 Å². The van der Waals surface area contributed by atoms with Crippen LogP contribution in [0.1, 0.15) is 32.3 Å². The lowest BCUT2D eigenvalue weighted by molar-refractivity contribution is -0.147. The fourth-order valence-corrected chi connectivity index (χ4v) is 3.20. The average molecular weight is 343 g/mol. The maximum Gasteiger partial charge on any atom is 0.307 e. The lowest BCUT2D eigenvalue weighted by atomic mass is 10.1. The largest absolute Gasteiger partial charge is 0.475 e. The topological polar surface area (TPSA) is 90.6 Å². The summed E-state index contributed by atoms with van der Waals surface area (Å²) in [5.74, 6) is 0.412. The summed E-state index contributed by atoms with van der Waals surface area (Å²) in [5.41, 5.74) is 2.49. The summed E-state index contributed by atoms with van der Waals surface area (Å²) >= 11 is 0.